The summed E-state index contributed by atoms with van der Waals surface area (Å²) in [5, 5.41) is 0. The maximum Gasteiger partial charge on any atom is 0.306 e. The van der Waals surface area contributed by atoms with E-state index < -0.39 is 0 Å². The number of hydrogen-bond donors (Lipinski definition) is 0. The van der Waals surface area contributed by atoms with Crippen LogP contribution in [0.15, 0.2) is 24.3 Å². The molecule has 0 heterocycles. The lowest BCUT2D eigenvalue weighted by molar-refractivity contribution is -0.149. The van der Waals surface area contributed by atoms with Crippen LogP contribution in [0.25, 0.3) is 0 Å². The third-order valence-electron chi connectivity index (χ3n) is 5.77. The lowest BCUT2D eigenvalue weighted by Gasteiger charge is -2.27. The SMILES string of the molecule is CCCCC/C=C\C/C=C\CCCCCCCC(=O)O[C@@H](C)CN(CC)CC(COC)OC. The van der Waals surface area contributed by atoms with Crippen LogP contribution < -0.4 is 0 Å². The van der Waals surface area contributed by atoms with E-state index in [4.69, 9.17) is 14.2 Å². The van der Waals surface area contributed by atoms with Gasteiger partial charge in [-0.3, -0.25) is 9.69 Å². The smallest absolute Gasteiger partial charge is 0.306 e. The van der Waals surface area contributed by atoms with E-state index in [9.17, 15) is 4.79 Å². The Morgan fingerprint density at radius 3 is 2.09 bits per heavy atom. The quantitative estimate of drug-likeness (QED) is 0.0949. The van der Waals surface area contributed by atoms with Crippen molar-refractivity contribution in [2.75, 3.05) is 40.5 Å². The van der Waals surface area contributed by atoms with Crippen LogP contribution in [0.1, 0.15) is 97.8 Å². The van der Waals surface area contributed by atoms with Crippen molar-refractivity contribution in [3.05, 3.63) is 24.3 Å². The van der Waals surface area contributed by atoms with Gasteiger partial charge >= 0.3 is 5.97 Å². The standard InChI is InChI=1S/C28H53NO4/c1-6-8-9-10-11-12-13-14-15-16-17-18-19-20-21-22-28(30)33-26(3)23-29(7-2)24-27(32-5)25-31-4/h11-12,14-15,26-27H,6-10,13,16-25H2,1-5H3/b12-11-,15-14-/t26-,27?/m0/s1. The number of carbonyl (C=O) groups excluding carboxylic acids is 1. The first-order chi connectivity index (χ1) is 16.1. The number of rotatable bonds is 23. The molecule has 5 nitrogen and oxygen atoms in total. The minimum atomic E-state index is -0.115. The molecule has 0 fully saturated rings. The zero-order valence-electron chi connectivity index (χ0n) is 22.4. The Balaban J connectivity index is 3.72. The van der Waals surface area contributed by atoms with Gasteiger partial charge in [0.05, 0.1) is 12.7 Å². The third-order valence-corrected chi connectivity index (χ3v) is 5.77. The molecule has 0 amide bonds. The van der Waals surface area contributed by atoms with Crippen LogP contribution >= 0.6 is 0 Å². The first-order valence-electron chi connectivity index (χ1n) is 13.3. The van der Waals surface area contributed by atoms with Crippen molar-refractivity contribution in [2.45, 2.75) is 110 Å². The average Bonchev–Trinajstić information content (AvgIpc) is 2.80. The number of nitrogens with zero attached hydrogens (tertiary/aromatic N) is 1. The molecule has 33 heavy (non-hydrogen) atoms. The van der Waals surface area contributed by atoms with Crippen LogP contribution in [0.4, 0.5) is 0 Å². The molecule has 0 aliphatic carbocycles. The summed E-state index contributed by atoms with van der Waals surface area (Å²) in [6.07, 6.45) is 22.7. The van der Waals surface area contributed by atoms with Gasteiger partial charge in [0, 0.05) is 33.7 Å². The summed E-state index contributed by atoms with van der Waals surface area (Å²) in [5.74, 6) is -0.0792. The van der Waals surface area contributed by atoms with Gasteiger partial charge in [-0.15, -0.1) is 0 Å². The third kappa shape index (κ3) is 21.1. The summed E-state index contributed by atoms with van der Waals surface area (Å²) in [6.45, 7) is 9.25. The maximum atomic E-state index is 12.1. The van der Waals surface area contributed by atoms with Gasteiger partial charge in [0.25, 0.3) is 0 Å². The van der Waals surface area contributed by atoms with E-state index in [2.05, 4.69) is 43.1 Å². The number of hydrogen-bond acceptors (Lipinski definition) is 5. The number of methoxy groups -OCH3 is 2. The average molecular weight is 468 g/mol. The Morgan fingerprint density at radius 1 is 0.848 bits per heavy atom. The van der Waals surface area contributed by atoms with Crippen molar-refractivity contribution in [1.29, 1.82) is 0 Å². The van der Waals surface area contributed by atoms with E-state index in [1.807, 2.05) is 6.92 Å². The Hall–Kier alpha value is -1.17. The number of carbonyl (C=O) groups is 1. The van der Waals surface area contributed by atoms with Gasteiger partial charge in [-0.1, -0.05) is 70.3 Å². The second kappa shape index (κ2) is 24.0. The van der Waals surface area contributed by atoms with Crippen LogP contribution in [0.3, 0.4) is 0 Å². The summed E-state index contributed by atoms with van der Waals surface area (Å²) in [5.41, 5.74) is 0. The molecular weight excluding hydrogens is 414 g/mol. The molecule has 0 N–H and O–H groups in total. The number of esters is 1. The second-order valence-electron chi connectivity index (χ2n) is 8.95. The molecule has 0 rings (SSSR count). The van der Waals surface area contributed by atoms with Crippen molar-refractivity contribution in [3.63, 3.8) is 0 Å². The fraction of sp³-hybridized carbons (Fsp3) is 0.821. The predicted molar refractivity (Wildman–Crippen MR) is 140 cm³/mol. The lowest BCUT2D eigenvalue weighted by Crippen LogP contribution is -2.40. The van der Waals surface area contributed by atoms with Crippen molar-refractivity contribution in [2.24, 2.45) is 0 Å². The van der Waals surface area contributed by atoms with Crippen LogP contribution in [0, 0.1) is 0 Å². The molecule has 0 saturated heterocycles. The summed E-state index contributed by atoms with van der Waals surface area (Å²) >= 11 is 0. The summed E-state index contributed by atoms with van der Waals surface area (Å²) in [6, 6.07) is 0. The minimum absolute atomic E-state index is 0.0329. The molecule has 0 aromatic heterocycles. The first kappa shape index (κ1) is 31.8. The van der Waals surface area contributed by atoms with Crippen LogP contribution in [0.5, 0.6) is 0 Å². The monoisotopic (exact) mass is 467 g/mol. The molecule has 0 spiro atoms. The van der Waals surface area contributed by atoms with Crippen LogP contribution in [0.2, 0.25) is 0 Å². The highest BCUT2D eigenvalue weighted by Gasteiger charge is 2.17. The molecule has 2 atom stereocenters. The van der Waals surface area contributed by atoms with Crippen molar-refractivity contribution in [1.82, 2.24) is 4.90 Å². The first-order valence-corrected chi connectivity index (χ1v) is 13.3. The number of ether oxygens (including phenoxy) is 3. The molecule has 0 bridgehead atoms. The van der Waals surface area contributed by atoms with Gasteiger partial charge in [0.1, 0.15) is 6.10 Å². The van der Waals surface area contributed by atoms with E-state index in [0.29, 0.717) is 19.6 Å². The van der Waals surface area contributed by atoms with Gasteiger partial charge < -0.3 is 14.2 Å². The highest BCUT2D eigenvalue weighted by molar-refractivity contribution is 5.69. The Kier molecular flexibility index (Phi) is 23.1. The van der Waals surface area contributed by atoms with Gasteiger partial charge in [-0.05, 0) is 52.0 Å². The van der Waals surface area contributed by atoms with Gasteiger partial charge in [0.2, 0.25) is 0 Å². The fourth-order valence-electron chi connectivity index (χ4n) is 3.77. The topological polar surface area (TPSA) is 48.0 Å². The molecule has 1 unspecified atom stereocenters. The maximum absolute atomic E-state index is 12.1. The largest absolute Gasteiger partial charge is 0.461 e. The van der Waals surface area contributed by atoms with Gasteiger partial charge in [-0.25, -0.2) is 0 Å². The van der Waals surface area contributed by atoms with Gasteiger partial charge in [-0.2, -0.15) is 0 Å². The Labute approximate surface area is 204 Å². The molecular formula is C28H53NO4. The molecule has 0 aliphatic rings. The molecule has 0 saturated carbocycles. The summed E-state index contributed by atoms with van der Waals surface area (Å²) < 4.78 is 16.2. The normalized spacial score (nSPS) is 13.9. The number of likely N-dealkylation sites (N-methyl/N-ethyl adjacent to an activating group) is 1. The van der Waals surface area contributed by atoms with Gasteiger partial charge in [0.15, 0.2) is 0 Å². The van der Waals surface area contributed by atoms with Crippen molar-refractivity contribution in [3.8, 4) is 0 Å². The molecule has 0 aromatic carbocycles. The van der Waals surface area contributed by atoms with E-state index in [1.54, 1.807) is 14.2 Å². The molecule has 0 aromatic rings. The highest BCUT2D eigenvalue weighted by Crippen LogP contribution is 2.10. The minimum Gasteiger partial charge on any atom is -0.461 e. The summed E-state index contributed by atoms with van der Waals surface area (Å²) in [4.78, 5) is 14.4. The molecule has 194 valence electrons. The zero-order chi connectivity index (χ0) is 24.6. The molecule has 0 radical (unpaired) electrons. The fourth-order valence-corrected chi connectivity index (χ4v) is 3.77. The Morgan fingerprint density at radius 2 is 1.48 bits per heavy atom. The predicted octanol–water partition coefficient (Wildman–Crippen LogP) is 6.71. The van der Waals surface area contributed by atoms with Crippen LogP contribution in [-0.2, 0) is 19.0 Å². The lowest BCUT2D eigenvalue weighted by atomic mass is 10.1. The number of unbranched alkanes of at least 4 members (excludes halogenated alkanes) is 8. The zero-order valence-corrected chi connectivity index (χ0v) is 22.4. The van der Waals surface area contributed by atoms with E-state index >= 15 is 0 Å². The highest BCUT2D eigenvalue weighted by atomic mass is 16.5. The molecule has 5 heteroatoms. The summed E-state index contributed by atoms with van der Waals surface area (Å²) in [7, 11) is 3.38. The van der Waals surface area contributed by atoms with E-state index in [0.717, 1.165) is 38.8 Å². The van der Waals surface area contributed by atoms with Crippen molar-refractivity contribution < 1.29 is 19.0 Å². The second-order valence-corrected chi connectivity index (χ2v) is 8.95. The van der Waals surface area contributed by atoms with Crippen LogP contribution in [-0.4, -0.2) is 63.5 Å². The Bertz CT molecular complexity index is 492. The molecule has 0 aliphatic heterocycles. The number of allylic oxidation sites excluding steroid dienone is 4. The van der Waals surface area contributed by atoms with E-state index in [-0.39, 0.29) is 18.2 Å². The van der Waals surface area contributed by atoms with E-state index in [1.165, 1.54) is 44.9 Å². The van der Waals surface area contributed by atoms with Crippen molar-refractivity contribution >= 4 is 5.97 Å².